The van der Waals surface area contributed by atoms with Crippen molar-refractivity contribution in [2.24, 2.45) is 0 Å². The van der Waals surface area contributed by atoms with Gasteiger partial charge >= 0.3 is 6.03 Å². The molecule has 2 N–H and O–H groups in total. The van der Waals surface area contributed by atoms with Gasteiger partial charge in [-0.2, -0.15) is 0 Å². The third kappa shape index (κ3) is 5.56. The van der Waals surface area contributed by atoms with Crippen LogP contribution in [0.5, 0.6) is 0 Å². The normalized spacial score (nSPS) is 15.7. The Morgan fingerprint density at radius 3 is 2.45 bits per heavy atom. The maximum Gasteiger partial charge on any atom is 0.319 e. The molecule has 1 aliphatic rings. The van der Waals surface area contributed by atoms with Gasteiger partial charge in [0, 0.05) is 22.4 Å². The molecule has 3 aromatic rings. The summed E-state index contributed by atoms with van der Waals surface area (Å²) in [5.41, 5.74) is -1.40. The van der Waals surface area contributed by atoms with E-state index in [4.69, 9.17) is 11.6 Å². The van der Waals surface area contributed by atoms with Crippen LogP contribution in [0.4, 0.5) is 33.7 Å². The summed E-state index contributed by atoms with van der Waals surface area (Å²) in [6, 6.07) is 10.4. The van der Waals surface area contributed by atoms with E-state index in [0.29, 0.717) is 5.30 Å². The predicted octanol–water partition coefficient (Wildman–Crippen LogP) is 6.40. The lowest BCUT2D eigenvalue weighted by atomic mass is 10.00. The number of hydrogen-bond donors (Lipinski definition) is 2. The molecule has 0 saturated carbocycles. The number of urea groups is 1. The van der Waals surface area contributed by atoms with E-state index in [2.05, 4.69) is 10.6 Å². The molecule has 1 saturated heterocycles. The van der Waals surface area contributed by atoms with Crippen LogP contribution in [-0.2, 0) is 9.36 Å². The minimum Gasteiger partial charge on any atom is -0.326 e. The molecule has 38 heavy (non-hydrogen) atoms. The molecular formula is C26H23ClF4N3O3P. The molecule has 1 atom stereocenters. The van der Waals surface area contributed by atoms with Crippen LogP contribution < -0.4 is 20.8 Å². The van der Waals surface area contributed by atoms with Gasteiger partial charge in [-0.3, -0.25) is 4.79 Å². The number of benzene rings is 3. The second kappa shape index (κ2) is 10.8. The zero-order chi connectivity index (χ0) is 27.8. The van der Waals surface area contributed by atoms with E-state index in [1.165, 1.54) is 43.7 Å². The first-order chi connectivity index (χ1) is 17.9. The quantitative estimate of drug-likeness (QED) is 0.267. The van der Waals surface area contributed by atoms with Gasteiger partial charge < -0.3 is 20.1 Å². The van der Waals surface area contributed by atoms with Crippen LogP contribution in [0.1, 0.15) is 18.4 Å². The number of halogens is 5. The van der Waals surface area contributed by atoms with Gasteiger partial charge in [0.05, 0.1) is 16.9 Å². The maximum absolute atomic E-state index is 15.6. The molecule has 0 unspecified atom stereocenters. The molecule has 3 amide bonds. The van der Waals surface area contributed by atoms with Crippen molar-refractivity contribution in [3.05, 3.63) is 76.8 Å². The lowest BCUT2D eigenvalue weighted by molar-refractivity contribution is -0.118. The average molecular weight is 568 g/mol. The van der Waals surface area contributed by atoms with Gasteiger partial charge in [0.25, 0.3) is 6.43 Å². The van der Waals surface area contributed by atoms with Crippen molar-refractivity contribution in [2.75, 3.05) is 30.1 Å². The molecule has 1 heterocycles. The number of alkyl halides is 2. The minimum atomic E-state index is -3.26. The first-order valence-corrected chi connectivity index (χ1v) is 14.5. The van der Waals surface area contributed by atoms with Crippen LogP contribution in [0.2, 0.25) is 5.02 Å². The van der Waals surface area contributed by atoms with Gasteiger partial charge in [-0.1, -0.05) is 35.9 Å². The molecule has 0 spiro atoms. The monoisotopic (exact) mass is 567 g/mol. The van der Waals surface area contributed by atoms with Crippen molar-refractivity contribution in [3.63, 3.8) is 0 Å². The summed E-state index contributed by atoms with van der Waals surface area (Å²) in [6.45, 7) is 2.94. The highest BCUT2D eigenvalue weighted by Gasteiger charge is 2.37. The van der Waals surface area contributed by atoms with E-state index < -0.39 is 48.7 Å². The number of rotatable bonds is 6. The Labute approximate surface area is 221 Å². The van der Waals surface area contributed by atoms with Crippen molar-refractivity contribution >= 4 is 47.4 Å². The van der Waals surface area contributed by atoms with E-state index in [9.17, 15) is 27.3 Å². The van der Waals surface area contributed by atoms with Crippen molar-refractivity contribution in [2.45, 2.75) is 18.9 Å². The van der Waals surface area contributed by atoms with Gasteiger partial charge in [0.15, 0.2) is 0 Å². The molecule has 0 radical (unpaired) electrons. The van der Waals surface area contributed by atoms with Gasteiger partial charge in [-0.05, 0) is 55.6 Å². The fourth-order valence-electron chi connectivity index (χ4n) is 4.37. The molecule has 1 fully saturated rings. The highest BCUT2D eigenvalue weighted by molar-refractivity contribution is 7.70. The van der Waals surface area contributed by atoms with Crippen LogP contribution in [-0.4, -0.2) is 37.9 Å². The molecule has 12 heteroatoms. The van der Waals surface area contributed by atoms with Crippen LogP contribution in [0.15, 0.2) is 54.6 Å². The second-order valence-electron chi connectivity index (χ2n) is 9.08. The van der Waals surface area contributed by atoms with Crippen LogP contribution in [0.25, 0.3) is 11.1 Å². The number of carbonyl (C=O) groups is 2. The summed E-state index contributed by atoms with van der Waals surface area (Å²) in [6.07, 6.45) is -3.21. The Balaban J connectivity index is 1.60. The predicted molar refractivity (Wildman–Crippen MR) is 140 cm³/mol. The summed E-state index contributed by atoms with van der Waals surface area (Å²) in [7, 11) is -2.87. The number of amides is 3. The number of anilines is 2. The number of hydrogen-bond acceptors (Lipinski definition) is 3. The Morgan fingerprint density at radius 2 is 1.79 bits per heavy atom. The first kappa shape index (κ1) is 27.7. The highest BCUT2D eigenvalue weighted by Crippen LogP contribution is 2.42. The Hall–Kier alpha value is -3.36. The number of nitrogens with one attached hydrogen (secondary N) is 2. The molecule has 4 rings (SSSR count). The summed E-state index contributed by atoms with van der Waals surface area (Å²) in [5, 5.41) is 5.13. The Bertz CT molecular complexity index is 1460. The minimum absolute atomic E-state index is 0.0546. The second-order valence-corrected chi connectivity index (χ2v) is 12.7. The molecule has 3 aromatic carbocycles. The smallest absolute Gasteiger partial charge is 0.319 e. The van der Waals surface area contributed by atoms with Crippen molar-refractivity contribution in [1.29, 1.82) is 0 Å². The van der Waals surface area contributed by atoms with Gasteiger partial charge in [0.2, 0.25) is 5.91 Å². The average Bonchev–Trinajstić information content (AvgIpc) is 3.19. The lowest BCUT2D eigenvalue weighted by Crippen LogP contribution is -2.43. The molecule has 0 aliphatic carbocycles. The fourth-order valence-corrected chi connectivity index (χ4v) is 5.74. The van der Waals surface area contributed by atoms with Crippen molar-refractivity contribution in [3.8, 4) is 11.1 Å². The molecule has 1 aliphatic heterocycles. The van der Waals surface area contributed by atoms with E-state index in [-0.39, 0.29) is 40.5 Å². The van der Waals surface area contributed by atoms with Gasteiger partial charge in [-0.15, -0.1) is 0 Å². The van der Waals surface area contributed by atoms with Gasteiger partial charge in [0.1, 0.15) is 24.8 Å². The SMILES string of the molecule is CP(C)(=O)c1ccccc1-c1ccc(N2CC[C@@H](NC(=O)Nc3ccc(Cl)cc3F)C2=O)c(C(F)F)c1F. The van der Waals surface area contributed by atoms with Crippen LogP contribution in [0, 0.1) is 11.6 Å². The maximum atomic E-state index is 15.6. The molecular weight excluding hydrogens is 545 g/mol. The Morgan fingerprint density at radius 1 is 1.08 bits per heavy atom. The van der Waals surface area contributed by atoms with E-state index in [1.807, 2.05) is 0 Å². The van der Waals surface area contributed by atoms with Crippen molar-refractivity contribution < 1.29 is 31.7 Å². The van der Waals surface area contributed by atoms with E-state index >= 15 is 4.39 Å². The third-order valence-electron chi connectivity index (χ3n) is 6.13. The molecule has 6 nitrogen and oxygen atoms in total. The zero-order valence-corrected chi connectivity index (χ0v) is 21.9. The summed E-state index contributed by atoms with van der Waals surface area (Å²) in [4.78, 5) is 26.3. The van der Waals surface area contributed by atoms with E-state index in [0.717, 1.165) is 11.0 Å². The zero-order valence-electron chi connectivity index (χ0n) is 20.3. The first-order valence-electron chi connectivity index (χ1n) is 11.5. The van der Waals surface area contributed by atoms with Gasteiger partial charge in [-0.25, -0.2) is 22.4 Å². The number of nitrogens with zero attached hydrogens (tertiary/aromatic N) is 1. The fraction of sp³-hybridized carbons (Fsp3) is 0.231. The summed E-state index contributed by atoms with van der Waals surface area (Å²) < 4.78 is 70.6. The summed E-state index contributed by atoms with van der Waals surface area (Å²) in [5.74, 6) is -2.73. The lowest BCUT2D eigenvalue weighted by Gasteiger charge is -2.23. The van der Waals surface area contributed by atoms with E-state index in [1.54, 1.807) is 18.2 Å². The molecule has 0 aromatic heterocycles. The standard InChI is InChI=1S/C26H23ClF4N3O3P/c1-38(2,37)21-6-4-3-5-15(21)16-8-10-20(22(23(16)29)24(30)31)34-12-11-19(25(34)35)33-26(36)32-18-9-7-14(27)13-17(18)28/h3-10,13,19,24H,11-12H2,1-2H3,(H2,32,33,36)/t19-/m1/s1. The topological polar surface area (TPSA) is 78.5 Å². The molecule has 200 valence electrons. The number of carbonyl (C=O) groups excluding carboxylic acids is 2. The highest BCUT2D eigenvalue weighted by atomic mass is 35.5. The van der Waals surface area contributed by atoms with Crippen LogP contribution in [0.3, 0.4) is 0 Å². The Kier molecular flexibility index (Phi) is 7.85. The van der Waals surface area contributed by atoms with Crippen LogP contribution >= 0.6 is 18.7 Å². The summed E-state index contributed by atoms with van der Waals surface area (Å²) >= 11 is 5.69. The molecule has 0 bridgehead atoms. The third-order valence-corrected chi connectivity index (χ3v) is 7.92. The van der Waals surface area contributed by atoms with Crippen molar-refractivity contribution in [1.82, 2.24) is 5.32 Å². The largest absolute Gasteiger partial charge is 0.326 e.